The van der Waals surface area contributed by atoms with Crippen LogP contribution in [-0.4, -0.2) is 56.2 Å². The first-order chi connectivity index (χ1) is 13.4. The summed E-state index contributed by atoms with van der Waals surface area (Å²) in [6.45, 7) is 4.51. The van der Waals surface area contributed by atoms with Crippen molar-refractivity contribution in [1.29, 1.82) is 0 Å². The number of hydrogen-bond acceptors (Lipinski definition) is 4. The highest BCUT2D eigenvalue weighted by atomic mass is 32.2. The molecule has 28 heavy (non-hydrogen) atoms. The lowest BCUT2D eigenvalue weighted by Gasteiger charge is -2.37. The van der Waals surface area contributed by atoms with Crippen LogP contribution in [0.15, 0.2) is 24.3 Å². The van der Waals surface area contributed by atoms with E-state index in [-0.39, 0.29) is 18.4 Å². The normalized spacial score (nSPS) is 22.7. The zero-order chi connectivity index (χ0) is 20.1. The average Bonchev–Trinajstić information content (AvgIpc) is 2.72. The van der Waals surface area contributed by atoms with Gasteiger partial charge in [0.05, 0.1) is 13.0 Å². The summed E-state index contributed by atoms with van der Waals surface area (Å²) >= 11 is 0. The minimum Gasteiger partial charge on any atom is -0.497 e. The molecule has 0 radical (unpaired) electrons. The first-order valence-electron chi connectivity index (χ1n) is 10.1. The maximum atomic E-state index is 13.0. The number of amides is 1. The van der Waals surface area contributed by atoms with Crippen molar-refractivity contribution in [3.8, 4) is 5.75 Å². The molecule has 1 amide bonds. The average molecular weight is 410 g/mol. The predicted molar refractivity (Wildman–Crippen MR) is 108 cm³/mol. The number of carbonyl (C=O) groups is 1. The lowest BCUT2D eigenvalue weighted by atomic mass is 9.99. The van der Waals surface area contributed by atoms with Crippen LogP contribution < -0.4 is 10.1 Å². The van der Waals surface area contributed by atoms with Crippen molar-refractivity contribution in [2.24, 2.45) is 11.8 Å². The van der Waals surface area contributed by atoms with Gasteiger partial charge in [-0.2, -0.15) is 17.0 Å². The second-order valence-electron chi connectivity index (χ2n) is 7.85. The van der Waals surface area contributed by atoms with Crippen LogP contribution in [0, 0.1) is 11.8 Å². The van der Waals surface area contributed by atoms with Crippen LogP contribution in [0.1, 0.15) is 38.2 Å². The van der Waals surface area contributed by atoms with Gasteiger partial charge < -0.3 is 10.1 Å². The quantitative estimate of drug-likeness (QED) is 0.779. The van der Waals surface area contributed by atoms with E-state index in [2.05, 4.69) is 12.2 Å². The molecular formula is C20H31N3O4S. The van der Waals surface area contributed by atoms with Crippen LogP contribution in [-0.2, 0) is 21.5 Å². The minimum atomic E-state index is -3.48. The fourth-order valence-corrected chi connectivity index (χ4v) is 5.55. The Hall–Kier alpha value is -1.64. The third-order valence-electron chi connectivity index (χ3n) is 5.78. The molecule has 0 bridgehead atoms. The van der Waals surface area contributed by atoms with Gasteiger partial charge in [-0.05, 0) is 49.3 Å². The largest absolute Gasteiger partial charge is 0.497 e. The number of ether oxygens (including phenoxy) is 1. The Morgan fingerprint density at radius 3 is 2.43 bits per heavy atom. The van der Waals surface area contributed by atoms with E-state index in [0.717, 1.165) is 30.6 Å². The topological polar surface area (TPSA) is 79.0 Å². The van der Waals surface area contributed by atoms with E-state index in [1.807, 2.05) is 24.3 Å². The smallest absolute Gasteiger partial charge is 0.281 e. The Balaban J connectivity index is 1.55. The lowest BCUT2D eigenvalue weighted by Crippen LogP contribution is -2.52. The molecule has 3 rings (SSSR count). The Morgan fingerprint density at radius 2 is 1.79 bits per heavy atom. The molecule has 2 saturated heterocycles. The van der Waals surface area contributed by atoms with Crippen molar-refractivity contribution in [2.75, 3.05) is 33.3 Å². The van der Waals surface area contributed by atoms with Crippen molar-refractivity contribution in [3.63, 3.8) is 0 Å². The number of carbonyl (C=O) groups excluding carboxylic acids is 1. The molecule has 1 aromatic rings. The van der Waals surface area contributed by atoms with E-state index in [1.165, 1.54) is 4.31 Å². The zero-order valence-corrected chi connectivity index (χ0v) is 17.6. The summed E-state index contributed by atoms with van der Waals surface area (Å²) in [5.41, 5.74) is 0.983. The molecule has 0 spiro atoms. The van der Waals surface area contributed by atoms with Gasteiger partial charge >= 0.3 is 0 Å². The number of nitrogens with one attached hydrogen (secondary N) is 1. The highest BCUT2D eigenvalue weighted by Gasteiger charge is 2.36. The molecule has 0 aromatic heterocycles. The van der Waals surface area contributed by atoms with E-state index >= 15 is 0 Å². The molecule has 2 heterocycles. The Kier molecular flexibility index (Phi) is 6.95. The van der Waals surface area contributed by atoms with E-state index < -0.39 is 10.2 Å². The fourth-order valence-electron chi connectivity index (χ4n) is 3.82. The Morgan fingerprint density at radius 1 is 1.11 bits per heavy atom. The summed E-state index contributed by atoms with van der Waals surface area (Å²) < 4.78 is 34.2. The van der Waals surface area contributed by atoms with Crippen LogP contribution >= 0.6 is 0 Å². The predicted octanol–water partition coefficient (Wildman–Crippen LogP) is 2.00. The van der Waals surface area contributed by atoms with Crippen molar-refractivity contribution in [2.45, 2.75) is 39.2 Å². The van der Waals surface area contributed by atoms with Gasteiger partial charge in [0.2, 0.25) is 5.91 Å². The third kappa shape index (κ3) is 5.04. The molecule has 7 nitrogen and oxygen atoms in total. The number of nitrogens with zero attached hydrogens (tertiary/aromatic N) is 2. The van der Waals surface area contributed by atoms with Crippen LogP contribution in [0.3, 0.4) is 0 Å². The highest BCUT2D eigenvalue weighted by Crippen LogP contribution is 2.25. The Bertz CT molecular complexity index is 758. The standard InChI is InChI=1S/C20H31N3O4S/c1-16-9-12-22(13-10-16)28(25,26)23-11-3-4-18(15-23)20(24)21-14-17-5-7-19(27-2)8-6-17/h5-8,16,18H,3-4,9-15H2,1-2H3,(H,21,24)/t18-/m0/s1. The second-order valence-corrected chi connectivity index (χ2v) is 9.78. The van der Waals surface area contributed by atoms with Gasteiger partial charge in [-0.15, -0.1) is 0 Å². The van der Waals surface area contributed by atoms with Crippen molar-refractivity contribution in [3.05, 3.63) is 29.8 Å². The van der Waals surface area contributed by atoms with Crippen LogP contribution in [0.2, 0.25) is 0 Å². The highest BCUT2D eigenvalue weighted by molar-refractivity contribution is 7.86. The van der Waals surface area contributed by atoms with E-state index in [1.54, 1.807) is 11.4 Å². The van der Waals surface area contributed by atoms with Gasteiger partial charge in [-0.3, -0.25) is 4.79 Å². The van der Waals surface area contributed by atoms with Crippen molar-refractivity contribution >= 4 is 16.1 Å². The van der Waals surface area contributed by atoms with Crippen LogP contribution in [0.5, 0.6) is 5.75 Å². The molecule has 156 valence electrons. The number of piperidine rings is 2. The number of methoxy groups -OCH3 is 1. The monoisotopic (exact) mass is 409 g/mol. The molecule has 1 atom stereocenters. The van der Waals surface area contributed by atoms with Gasteiger partial charge in [-0.1, -0.05) is 19.1 Å². The number of rotatable bonds is 6. The van der Waals surface area contributed by atoms with E-state index in [9.17, 15) is 13.2 Å². The minimum absolute atomic E-state index is 0.0806. The number of benzene rings is 1. The fraction of sp³-hybridized carbons (Fsp3) is 0.650. The van der Waals surface area contributed by atoms with E-state index in [0.29, 0.717) is 38.5 Å². The lowest BCUT2D eigenvalue weighted by molar-refractivity contribution is -0.126. The summed E-state index contributed by atoms with van der Waals surface area (Å²) in [6.07, 6.45) is 3.24. The van der Waals surface area contributed by atoms with Gasteiger partial charge in [-0.25, -0.2) is 0 Å². The maximum Gasteiger partial charge on any atom is 0.281 e. The molecule has 8 heteroatoms. The van der Waals surface area contributed by atoms with Crippen molar-refractivity contribution in [1.82, 2.24) is 13.9 Å². The summed E-state index contributed by atoms with van der Waals surface area (Å²) in [5.74, 6) is 0.966. The first kappa shape index (κ1) is 21.1. The summed E-state index contributed by atoms with van der Waals surface area (Å²) in [7, 11) is -1.86. The van der Waals surface area contributed by atoms with Crippen molar-refractivity contribution < 1.29 is 17.9 Å². The van der Waals surface area contributed by atoms with Crippen LogP contribution in [0.4, 0.5) is 0 Å². The molecule has 0 unspecified atom stereocenters. The molecule has 2 aliphatic heterocycles. The summed E-state index contributed by atoms with van der Waals surface area (Å²) in [4.78, 5) is 12.6. The SMILES string of the molecule is COc1ccc(CNC(=O)[C@H]2CCCN(S(=O)(=O)N3CCC(C)CC3)C2)cc1. The van der Waals surface area contributed by atoms with Crippen LogP contribution in [0.25, 0.3) is 0 Å². The molecule has 1 N–H and O–H groups in total. The molecule has 2 aliphatic rings. The number of hydrogen-bond donors (Lipinski definition) is 1. The Labute approximate surface area is 168 Å². The third-order valence-corrected chi connectivity index (χ3v) is 7.78. The van der Waals surface area contributed by atoms with Gasteiger partial charge in [0.1, 0.15) is 5.75 Å². The second kappa shape index (κ2) is 9.24. The molecular weight excluding hydrogens is 378 g/mol. The summed E-state index contributed by atoms with van der Waals surface area (Å²) in [6, 6.07) is 7.54. The molecule has 0 aliphatic carbocycles. The molecule has 0 saturated carbocycles. The molecule has 2 fully saturated rings. The van der Waals surface area contributed by atoms with E-state index in [4.69, 9.17) is 4.74 Å². The van der Waals surface area contributed by atoms with Gasteiger partial charge in [0, 0.05) is 32.7 Å². The van der Waals surface area contributed by atoms with Gasteiger partial charge in [0.15, 0.2) is 0 Å². The summed E-state index contributed by atoms with van der Waals surface area (Å²) in [5, 5.41) is 2.95. The molecule has 1 aromatic carbocycles. The first-order valence-corrected chi connectivity index (χ1v) is 11.5. The zero-order valence-electron chi connectivity index (χ0n) is 16.8. The van der Waals surface area contributed by atoms with Gasteiger partial charge in [0.25, 0.3) is 10.2 Å². The maximum absolute atomic E-state index is 13.0.